The molecule has 3 aromatic rings. The normalized spacial score (nSPS) is 12.3. The third-order valence-corrected chi connectivity index (χ3v) is 4.40. The summed E-state index contributed by atoms with van der Waals surface area (Å²) in [5.41, 5.74) is 2.98. The van der Waals surface area contributed by atoms with E-state index in [4.69, 9.17) is 9.47 Å². The second kappa shape index (κ2) is 6.71. The van der Waals surface area contributed by atoms with Crippen LogP contribution < -0.4 is 14.8 Å². The lowest BCUT2D eigenvalue weighted by atomic mass is 10.2. The molecule has 8 heteroatoms. The smallest absolute Gasteiger partial charge is 0.274 e. The third-order valence-electron chi connectivity index (χ3n) is 4.40. The fourth-order valence-corrected chi connectivity index (χ4v) is 2.90. The summed E-state index contributed by atoms with van der Waals surface area (Å²) in [5, 5.41) is 10.8. The van der Waals surface area contributed by atoms with Crippen molar-refractivity contribution in [2.24, 2.45) is 0 Å². The summed E-state index contributed by atoms with van der Waals surface area (Å²) >= 11 is 0. The van der Waals surface area contributed by atoms with E-state index < -0.39 is 0 Å². The van der Waals surface area contributed by atoms with Gasteiger partial charge in [0.15, 0.2) is 17.2 Å². The topological polar surface area (TPSA) is 78.3 Å². The maximum atomic E-state index is 13.6. The van der Waals surface area contributed by atoms with Crippen molar-refractivity contribution < 1.29 is 18.7 Å². The maximum Gasteiger partial charge on any atom is 0.274 e. The predicted octanol–water partition coefficient (Wildman–Crippen LogP) is 2.68. The van der Waals surface area contributed by atoms with Gasteiger partial charge in [-0.2, -0.15) is 0 Å². The van der Waals surface area contributed by atoms with E-state index in [-0.39, 0.29) is 24.2 Å². The minimum atomic E-state index is -0.376. The molecule has 0 fully saturated rings. The average Bonchev–Trinajstić information content (AvgIpc) is 3.27. The molecule has 1 amide bonds. The number of fused-ring (bicyclic) bond motifs is 1. The second-order valence-corrected chi connectivity index (χ2v) is 6.24. The second-order valence-electron chi connectivity index (χ2n) is 6.24. The fourth-order valence-electron chi connectivity index (χ4n) is 2.90. The van der Waals surface area contributed by atoms with Crippen LogP contribution >= 0.6 is 0 Å². The summed E-state index contributed by atoms with van der Waals surface area (Å²) in [6.07, 6.45) is 0. The highest BCUT2D eigenvalue weighted by Gasteiger charge is 2.19. The van der Waals surface area contributed by atoms with Crippen LogP contribution in [0.4, 0.5) is 4.39 Å². The van der Waals surface area contributed by atoms with Crippen molar-refractivity contribution in [3.05, 3.63) is 64.7 Å². The van der Waals surface area contributed by atoms with E-state index in [1.807, 2.05) is 19.1 Å². The molecule has 2 heterocycles. The number of aryl methyl sites for hydroxylation is 1. The number of hydrogen-bond donors (Lipinski definition) is 1. The molecule has 138 valence electrons. The van der Waals surface area contributed by atoms with Crippen molar-refractivity contribution in [1.29, 1.82) is 0 Å². The Bertz CT molecular complexity index is 1030. The summed E-state index contributed by atoms with van der Waals surface area (Å²) in [7, 11) is 0. The summed E-state index contributed by atoms with van der Waals surface area (Å²) in [6, 6.07) is 9.88. The number of rotatable bonds is 4. The molecular weight excluding hydrogens is 351 g/mol. The molecule has 1 aliphatic heterocycles. The van der Waals surface area contributed by atoms with Gasteiger partial charge in [-0.05, 0) is 49.2 Å². The lowest BCUT2D eigenvalue weighted by Gasteiger charge is -2.08. The van der Waals surface area contributed by atoms with E-state index in [1.165, 1.54) is 16.8 Å². The Morgan fingerprint density at radius 2 is 2.00 bits per heavy atom. The van der Waals surface area contributed by atoms with Crippen molar-refractivity contribution >= 4 is 5.91 Å². The van der Waals surface area contributed by atoms with Gasteiger partial charge in [0.2, 0.25) is 6.79 Å². The maximum absolute atomic E-state index is 13.6. The Kier molecular flexibility index (Phi) is 4.23. The Morgan fingerprint density at radius 3 is 2.85 bits per heavy atom. The molecule has 0 atom stereocenters. The molecule has 0 saturated heterocycles. The Labute approximate surface area is 154 Å². The Hall–Kier alpha value is -3.42. The molecule has 1 aromatic heterocycles. The highest BCUT2D eigenvalue weighted by molar-refractivity contribution is 5.93. The van der Waals surface area contributed by atoms with Gasteiger partial charge < -0.3 is 14.8 Å². The summed E-state index contributed by atoms with van der Waals surface area (Å²) in [4.78, 5) is 12.5. The van der Waals surface area contributed by atoms with E-state index in [9.17, 15) is 9.18 Å². The first-order valence-electron chi connectivity index (χ1n) is 8.38. The van der Waals surface area contributed by atoms with Crippen LogP contribution in [0, 0.1) is 19.7 Å². The first-order valence-corrected chi connectivity index (χ1v) is 8.38. The van der Waals surface area contributed by atoms with E-state index in [0.29, 0.717) is 29.4 Å². The van der Waals surface area contributed by atoms with Gasteiger partial charge >= 0.3 is 0 Å². The van der Waals surface area contributed by atoms with E-state index in [2.05, 4.69) is 15.6 Å². The largest absolute Gasteiger partial charge is 0.454 e. The first-order chi connectivity index (χ1) is 13.0. The van der Waals surface area contributed by atoms with E-state index >= 15 is 0 Å². The summed E-state index contributed by atoms with van der Waals surface area (Å²) < 4.78 is 25.6. The molecule has 0 bridgehead atoms. The monoisotopic (exact) mass is 368 g/mol. The zero-order chi connectivity index (χ0) is 19.0. The Morgan fingerprint density at radius 1 is 1.19 bits per heavy atom. The fraction of sp³-hybridized carbons (Fsp3) is 0.211. The van der Waals surface area contributed by atoms with Crippen molar-refractivity contribution in [2.45, 2.75) is 20.4 Å². The molecule has 1 aliphatic rings. The quantitative estimate of drug-likeness (QED) is 0.766. The molecule has 27 heavy (non-hydrogen) atoms. The van der Waals surface area contributed by atoms with Crippen LogP contribution in [0.2, 0.25) is 0 Å². The number of nitrogens with one attached hydrogen (secondary N) is 1. The molecule has 4 rings (SSSR count). The third kappa shape index (κ3) is 3.21. The van der Waals surface area contributed by atoms with Crippen LogP contribution in [-0.4, -0.2) is 27.7 Å². The van der Waals surface area contributed by atoms with Gasteiger partial charge in [0.1, 0.15) is 5.82 Å². The number of carbonyl (C=O) groups excluding carboxylic acids is 1. The number of aromatic nitrogens is 3. The molecule has 0 saturated carbocycles. The van der Waals surface area contributed by atoms with Crippen LogP contribution in [-0.2, 0) is 6.54 Å². The molecule has 2 aromatic carbocycles. The van der Waals surface area contributed by atoms with Crippen molar-refractivity contribution in [3.8, 4) is 17.2 Å². The number of carbonyl (C=O) groups is 1. The SMILES string of the molecule is Cc1ccc(F)cc1-n1nnc(C(=O)NCc2ccc3c(c2)OCO3)c1C. The van der Waals surface area contributed by atoms with Gasteiger partial charge in [0.05, 0.1) is 11.4 Å². The number of amides is 1. The first kappa shape index (κ1) is 17.0. The number of hydrogen-bond acceptors (Lipinski definition) is 5. The standard InChI is InChI=1S/C19H17FN4O3/c1-11-3-5-14(20)8-15(11)24-12(2)18(22-23-24)19(25)21-9-13-4-6-16-17(7-13)27-10-26-16/h3-8H,9-10H2,1-2H3,(H,21,25). The molecule has 7 nitrogen and oxygen atoms in total. The number of benzene rings is 2. The van der Waals surface area contributed by atoms with Gasteiger partial charge in [-0.1, -0.05) is 17.3 Å². The summed E-state index contributed by atoms with van der Waals surface area (Å²) in [6.45, 7) is 4.07. The molecular formula is C19H17FN4O3. The molecule has 1 N–H and O–H groups in total. The van der Waals surface area contributed by atoms with Crippen LogP contribution in [0.3, 0.4) is 0 Å². The lowest BCUT2D eigenvalue weighted by Crippen LogP contribution is -2.24. The molecule has 0 aliphatic carbocycles. The minimum absolute atomic E-state index is 0.194. The van der Waals surface area contributed by atoms with Crippen molar-refractivity contribution in [2.75, 3.05) is 6.79 Å². The van der Waals surface area contributed by atoms with Crippen LogP contribution in [0.5, 0.6) is 11.5 Å². The number of ether oxygens (including phenoxy) is 2. The zero-order valence-electron chi connectivity index (χ0n) is 14.8. The minimum Gasteiger partial charge on any atom is -0.454 e. The van der Waals surface area contributed by atoms with Gasteiger partial charge in [0, 0.05) is 6.54 Å². The van der Waals surface area contributed by atoms with E-state index in [0.717, 1.165) is 11.1 Å². The van der Waals surface area contributed by atoms with Crippen LogP contribution in [0.15, 0.2) is 36.4 Å². The lowest BCUT2D eigenvalue weighted by molar-refractivity contribution is 0.0945. The molecule has 0 radical (unpaired) electrons. The van der Waals surface area contributed by atoms with Crippen molar-refractivity contribution in [1.82, 2.24) is 20.3 Å². The van der Waals surface area contributed by atoms with Gasteiger partial charge in [0.25, 0.3) is 5.91 Å². The van der Waals surface area contributed by atoms with Gasteiger partial charge in [-0.15, -0.1) is 5.10 Å². The Balaban J connectivity index is 1.51. The van der Waals surface area contributed by atoms with Gasteiger partial charge in [-0.3, -0.25) is 4.79 Å². The highest BCUT2D eigenvalue weighted by Crippen LogP contribution is 2.32. The van der Waals surface area contributed by atoms with Crippen molar-refractivity contribution in [3.63, 3.8) is 0 Å². The summed E-state index contributed by atoms with van der Waals surface area (Å²) in [5.74, 6) is 0.615. The van der Waals surface area contributed by atoms with Gasteiger partial charge in [-0.25, -0.2) is 9.07 Å². The number of nitrogens with zero attached hydrogens (tertiary/aromatic N) is 3. The highest BCUT2D eigenvalue weighted by atomic mass is 19.1. The van der Waals surface area contributed by atoms with Crippen LogP contribution in [0.25, 0.3) is 5.69 Å². The molecule has 0 spiro atoms. The van der Waals surface area contributed by atoms with Crippen LogP contribution in [0.1, 0.15) is 27.3 Å². The average molecular weight is 368 g/mol. The number of halogens is 1. The predicted molar refractivity (Wildman–Crippen MR) is 94.5 cm³/mol. The van der Waals surface area contributed by atoms with E-state index in [1.54, 1.807) is 19.1 Å². The zero-order valence-corrected chi connectivity index (χ0v) is 14.8. The molecule has 0 unspecified atom stereocenters.